The fourth-order valence-electron chi connectivity index (χ4n) is 2.60. The lowest BCUT2D eigenvalue weighted by Gasteiger charge is -2.20. The Morgan fingerprint density at radius 2 is 1.52 bits per heavy atom. The van der Waals surface area contributed by atoms with Gasteiger partial charge in [-0.3, -0.25) is 4.79 Å². The molecule has 4 N–H and O–H groups in total. The van der Waals surface area contributed by atoms with Crippen molar-refractivity contribution in [3.05, 3.63) is 24.3 Å². The van der Waals surface area contributed by atoms with Crippen LogP contribution in [0, 0.1) is 0 Å². The number of amides is 3. The number of carbonyl (C=O) groups excluding carboxylic acids is 2. The summed E-state index contributed by atoms with van der Waals surface area (Å²) in [5, 5.41) is 5.72. The summed E-state index contributed by atoms with van der Waals surface area (Å²) in [7, 11) is 0. The number of nitrogens with one attached hydrogen (secondary N) is 2. The predicted octanol–water partition coefficient (Wildman–Crippen LogP) is 2.77. The van der Waals surface area contributed by atoms with Gasteiger partial charge < -0.3 is 21.3 Å². The van der Waals surface area contributed by atoms with Gasteiger partial charge in [0.05, 0.1) is 0 Å². The second-order valence-corrected chi connectivity index (χ2v) is 5.85. The predicted molar refractivity (Wildman–Crippen MR) is 92.4 cm³/mol. The summed E-state index contributed by atoms with van der Waals surface area (Å²) in [5.74, 6) is -0.0446. The van der Waals surface area contributed by atoms with Crippen molar-refractivity contribution < 1.29 is 9.59 Å². The van der Waals surface area contributed by atoms with Crippen LogP contribution in [0.2, 0.25) is 0 Å². The third-order valence-electron chi connectivity index (χ3n) is 3.92. The molecule has 0 saturated carbocycles. The molecular weight excluding hydrogens is 292 g/mol. The van der Waals surface area contributed by atoms with Crippen molar-refractivity contribution in [3.63, 3.8) is 0 Å². The lowest BCUT2D eigenvalue weighted by Crippen LogP contribution is -2.35. The molecule has 1 aromatic carbocycles. The summed E-state index contributed by atoms with van der Waals surface area (Å²) in [6, 6.07) is 7.13. The highest BCUT2D eigenvalue weighted by Gasteiger charge is 2.15. The zero-order valence-electron chi connectivity index (χ0n) is 13.5. The Morgan fingerprint density at radius 1 is 0.957 bits per heavy atom. The number of nitrogens with two attached hydrogens (primary N) is 1. The Labute approximate surface area is 137 Å². The molecule has 1 saturated heterocycles. The van der Waals surface area contributed by atoms with Crippen molar-refractivity contribution in [2.45, 2.75) is 38.5 Å². The lowest BCUT2D eigenvalue weighted by atomic mass is 10.2. The number of carbonyl (C=O) groups is 2. The van der Waals surface area contributed by atoms with Crippen molar-refractivity contribution >= 4 is 23.3 Å². The van der Waals surface area contributed by atoms with Gasteiger partial charge in [-0.1, -0.05) is 12.8 Å². The number of likely N-dealkylation sites (tertiary alicyclic amines) is 1. The van der Waals surface area contributed by atoms with Crippen LogP contribution in [-0.4, -0.2) is 36.5 Å². The van der Waals surface area contributed by atoms with E-state index in [0.29, 0.717) is 19.4 Å². The van der Waals surface area contributed by atoms with Gasteiger partial charge in [0, 0.05) is 30.9 Å². The molecule has 1 aliphatic rings. The van der Waals surface area contributed by atoms with Crippen LogP contribution in [0.5, 0.6) is 0 Å². The molecule has 6 heteroatoms. The van der Waals surface area contributed by atoms with E-state index in [2.05, 4.69) is 10.6 Å². The summed E-state index contributed by atoms with van der Waals surface area (Å²) in [6.45, 7) is 2.15. The number of anilines is 2. The first-order chi connectivity index (χ1) is 11.2. The summed E-state index contributed by atoms with van der Waals surface area (Å²) in [6.07, 6.45) is 5.63. The zero-order valence-corrected chi connectivity index (χ0v) is 13.5. The van der Waals surface area contributed by atoms with E-state index >= 15 is 0 Å². The Morgan fingerprint density at radius 3 is 2.09 bits per heavy atom. The van der Waals surface area contributed by atoms with E-state index in [9.17, 15) is 9.59 Å². The summed E-state index contributed by atoms with van der Waals surface area (Å²) in [4.78, 5) is 25.7. The summed E-state index contributed by atoms with van der Waals surface area (Å²) >= 11 is 0. The van der Waals surface area contributed by atoms with E-state index in [1.807, 2.05) is 4.90 Å². The van der Waals surface area contributed by atoms with Crippen molar-refractivity contribution in [2.24, 2.45) is 5.73 Å². The van der Waals surface area contributed by atoms with E-state index in [1.54, 1.807) is 24.3 Å². The standard InChI is InChI=1S/C17H26N4O2/c18-11-5-6-16(22)19-14-7-9-15(10-8-14)20-17(23)21-12-3-1-2-4-13-21/h7-10H,1-6,11-13,18H2,(H,19,22)(H,20,23). The van der Waals surface area contributed by atoms with Crippen LogP contribution in [0.15, 0.2) is 24.3 Å². The van der Waals surface area contributed by atoms with Gasteiger partial charge in [0.15, 0.2) is 0 Å². The minimum absolute atomic E-state index is 0.0446. The number of urea groups is 1. The molecule has 1 heterocycles. The molecule has 0 radical (unpaired) electrons. The van der Waals surface area contributed by atoms with Crippen LogP contribution in [0.25, 0.3) is 0 Å². The van der Waals surface area contributed by atoms with Gasteiger partial charge >= 0.3 is 6.03 Å². The fourth-order valence-corrected chi connectivity index (χ4v) is 2.60. The number of hydrogen-bond donors (Lipinski definition) is 3. The molecule has 3 amide bonds. The van der Waals surface area contributed by atoms with Crippen LogP contribution < -0.4 is 16.4 Å². The third-order valence-corrected chi connectivity index (χ3v) is 3.92. The molecule has 6 nitrogen and oxygen atoms in total. The average Bonchev–Trinajstić information content (AvgIpc) is 2.84. The third kappa shape index (κ3) is 5.90. The van der Waals surface area contributed by atoms with Crippen molar-refractivity contribution in [3.8, 4) is 0 Å². The topological polar surface area (TPSA) is 87.5 Å². The molecule has 23 heavy (non-hydrogen) atoms. The van der Waals surface area contributed by atoms with Crippen molar-refractivity contribution in [1.82, 2.24) is 4.90 Å². The normalized spacial score (nSPS) is 14.9. The van der Waals surface area contributed by atoms with E-state index in [0.717, 1.165) is 37.3 Å². The second kappa shape index (κ2) is 9.15. The van der Waals surface area contributed by atoms with Gasteiger partial charge in [-0.15, -0.1) is 0 Å². The SMILES string of the molecule is NCCCC(=O)Nc1ccc(NC(=O)N2CCCCCC2)cc1. The molecule has 1 aromatic rings. The van der Waals surface area contributed by atoms with Crippen LogP contribution >= 0.6 is 0 Å². The molecule has 0 unspecified atom stereocenters. The maximum absolute atomic E-state index is 12.2. The summed E-state index contributed by atoms with van der Waals surface area (Å²) in [5.41, 5.74) is 6.84. The van der Waals surface area contributed by atoms with Gasteiger partial charge in [-0.05, 0) is 50.1 Å². The molecule has 0 aliphatic carbocycles. The molecule has 1 aliphatic heterocycles. The Hall–Kier alpha value is -2.08. The molecule has 126 valence electrons. The number of rotatable bonds is 5. The minimum atomic E-state index is -0.0494. The zero-order chi connectivity index (χ0) is 16.5. The lowest BCUT2D eigenvalue weighted by molar-refractivity contribution is -0.116. The maximum atomic E-state index is 12.2. The highest BCUT2D eigenvalue weighted by atomic mass is 16.2. The Bertz CT molecular complexity index is 508. The van der Waals surface area contributed by atoms with Gasteiger partial charge in [-0.2, -0.15) is 0 Å². The first-order valence-electron chi connectivity index (χ1n) is 8.35. The van der Waals surface area contributed by atoms with E-state index < -0.39 is 0 Å². The highest BCUT2D eigenvalue weighted by molar-refractivity contribution is 5.92. The smallest absolute Gasteiger partial charge is 0.321 e. The number of hydrogen-bond acceptors (Lipinski definition) is 3. The van der Waals surface area contributed by atoms with E-state index in [-0.39, 0.29) is 11.9 Å². The van der Waals surface area contributed by atoms with Gasteiger partial charge in [-0.25, -0.2) is 4.79 Å². The quantitative estimate of drug-likeness (QED) is 0.780. The van der Waals surface area contributed by atoms with Crippen LogP contribution in [0.3, 0.4) is 0 Å². The summed E-state index contributed by atoms with van der Waals surface area (Å²) < 4.78 is 0. The van der Waals surface area contributed by atoms with Gasteiger partial charge in [0.2, 0.25) is 5.91 Å². The second-order valence-electron chi connectivity index (χ2n) is 5.85. The van der Waals surface area contributed by atoms with E-state index in [1.165, 1.54) is 12.8 Å². The number of nitrogens with zero attached hydrogens (tertiary/aromatic N) is 1. The van der Waals surface area contributed by atoms with Crippen LogP contribution in [-0.2, 0) is 4.79 Å². The highest BCUT2D eigenvalue weighted by Crippen LogP contribution is 2.16. The molecule has 0 atom stereocenters. The fraction of sp³-hybridized carbons (Fsp3) is 0.529. The van der Waals surface area contributed by atoms with Crippen LogP contribution in [0.4, 0.5) is 16.2 Å². The molecule has 0 bridgehead atoms. The molecule has 1 fully saturated rings. The molecule has 0 spiro atoms. The average molecular weight is 318 g/mol. The number of benzene rings is 1. The van der Waals surface area contributed by atoms with E-state index in [4.69, 9.17) is 5.73 Å². The minimum Gasteiger partial charge on any atom is -0.330 e. The van der Waals surface area contributed by atoms with Crippen LogP contribution in [0.1, 0.15) is 38.5 Å². The van der Waals surface area contributed by atoms with Crippen molar-refractivity contribution in [1.29, 1.82) is 0 Å². The molecule has 2 rings (SSSR count). The van der Waals surface area contributed by atoms with Gasteiger partial charge in [0.1, 0.15) is 0 Å². The molecular formula is C17H26N4O2. The molecule has 0 aromatic heterocycles. The monoisotopic (exact) mass is 318 g/mol. The first kappa shape index (κ1) is 17.3. The first-order valence-corrected chi connectivity index (χ1v) is 8.35. The largest absolute Gasteiger partial charge is 0.330 e. The maximum Gasteiger partial charge on any atom is 0.321 e. The Kier molecular flexibility index (Phi) is 6.87. The van der Waals surface area contributed by atoms with Gasteiger partial charge in [0.25, 0.3) is 0 Å². The Balaban J connectivity index is 1.84. The van der Waals surface area contributed by atoms with Crippen molar-refractivity contribution in [2.75, 3.05) is 30.3 Å².